The molecule has 100 valence electrons. The molecule has 5 N–H and O–H groups in total. The standard InChI is InChI=1S/C11H15ClN2O4/c1-6(15)14-9-2-8(12)10(17)3-11(9)18-5-7(16)4-13/h2-3,7,16-17H,4-5,13H2,1H3,(H,14,15)/t7-/m1/s1. The Morgan fingerprint density at radius 1 is 1.61 bits per heavy atom. The highest BCUT2D eigenvalue weighted by atomic mass is 35.5. The second kappa shape index (κ2) is 6.44. The molecule has 1 rings (SSSR count). The van der Waals surface area contributed by atoms with Gasteiger partial charge in [0.15, 0.2) is 0 Å². The molecule has 1 aromatic carbocycles. The topological polar surface area (TPSA) is 105 Å². The third-order valence-electron chi connectivity index (χ3n) is 2.06. The van der Waals surface area contributed by atoms with Gasteiger partial charge in [0.05, 0.1) is 10.7 Å². The summed E-state index contributed by atoms with van der Waals surface area (Å²) in [6.07, 6.45) is -0.826. The molecule has 0 saturated carbocycles. The number of carbonyl (C=O) groups is 1. The molecule has 0 unspecified atom stereocenters. The van der Waals surface area contributed by atoms with E-state index < -0.39 is 6.10 Å². The van der Waals surface area contributed by atoms with Crippen LogP contribution in [0.3, 0.4) is 0 Å². The van der Waals surface area contributed by atoms with Crippen molar-refractivity contribution in [2.24, 2.45) is 5.73 Å². The van der Waals surface area contributed by atoms with Crippen molar-refractivity contribution < 1.29 is 19.7 Å². The quantitative estimate of drug-likeness (QED) is 0.592. The van der Waals surface area contributed by atoms with E-state index >= 15 is 0 Å². The molecule has 1 amide bonds. The molecular weight excluding hydrogens is 260 g/mol. The highest BCUT2D eigenvalue weighted by Crippen LogP contribution is 2.35. The van der Waals surface area contributed by atoms with E-state index in [-0.39, 0.29) is 35.6 Å². The Kier molecular flexibility index (Phi) is 5.21. The summed E-state index contributed by atoms with van der Waals surface area (Å²) in [6, 6.07) is 2.62. The highest BCUT2D eigenvalue weighted by molar-refractivity contribution is 6.32. The van der Waals surface area contributed by atoms with Gasteiger partial charge in [0.25, 0.3) is 0 Å². The lowest BCUT2D eigenvalue weighted by Gasteiger charge is -2.15. The minimum absolute atomic E-state index is 0.0506. The fourth-order valence-corrected chi connectivity index (χ4v) is 1.37. The zero-order valence-corrected chi connectivity index (χ0v) is 10.6. The number of amides is 1. The molecule has 0 spiro atoms. The molecule has 0 saturated heterocycles. The molecule has 0 aliphatic carbocycles. The van der Waals surface area contributed by atoms with E-state index in [1.165, 1.54) is 19.1 Å². The van der Waals surface area contributed by atoms with Crippen molar-refractivity contribution in [3.8, 4) is 11.5 Å². The average Bonchev–Trinajstić information content (AvgIpc) is 2.30. The third kappa shape index (κ3) is 4.06. The first-order chi connectivity index (χ1) is 8.43. The van der Waals surface area contributed by atoms with Crippen LogP contribution >= 0.6 is 11.6 Å². The SMILES string of the molecule is CC(=O)Nc1cc(Cl)c(O)cc1OC[C@H](O)CN. The molecule has 0 heterocycles. The van der Waals surface area contributed by atoms with Gasteiger partial charge in [-0.05, 0) is 6.07 Å². The number of aliphatic hydroxyl groups excluding tert-OH is 1. The number of hydrogen-bond donors (Lipinski definition) is 4. The lowest BCUT2D eigenvalue weighted by molar-refractivity contribution is -0.114. The fourth-order valence-electron chi connectivity index (χ4n) is 1.20. The van der Waals surface area contributed by atoms with Gasteiger partial charge in [-0.3, -0.25) is 4.79 Å². The summed E-state index contributed by atoms with van der Waals surface area (Å²) in [5.74, 6) is -0.274. The molecular formula is C11H15ClN2O4. The molecule has 1 aromatic rings. The van der Waals surface area contributed by atoms with Crippen molar-refractivity contribution in [2.45, 2.75) is 13.0 Å². The van der Waals surface area contributed by atoms with Crippen LogP contribution in [0.15, 0.2) is 12.1 Å². The minimum atomic E-state index is -0.826. The monoisotopic (exact) mass is 274 g/mol. The maximum atomic E-state index is 11.0. The van der Waals surface area contributed by atoms with E-state index in [9.17, 15) is 15.0 Å². The normalized spacial score (nSPS) is 12.0. The first kappa shape index (κ1) is 14.6. The lowest BCUT2D eigenvalue weighted by Crippen LogP contribution is -2.26. The van der Waals surface area contributed by atoms with Crippen LogP contribution in [-0.4, -0.2) is 35.4 Å². The number of rotatable bonds is 5. The fraction of sp³-hybridized carbons (Fsp3) is 0.364. The molecule has 0 bridgehead atoms. The first-order valence-corrected chi connectivity index (χ1v) is 5.63. The second-order valence-electron chi connectivity index (χ2n) is 3.68. The number of anilines is 1. The molecule has 0 radical (unpaired) electrons. The Morgan fingerprint density at radius 3 is 2.83 bits per heavy atom. The number of hydrogen-bond acceptors (Lipinski definition) is 5. The van der Waals surface area contributed by atoms with Crippen LogP contribution in [0.1, 0.15) is 6.92 Å². The van der Waals surface area contributed by atoms with Crippen molar-refractivity contribution in [1.29, 1.82) is 0 Å². The summed E-state index contributed by atoms with van der Waals surface area (Å²) < 4.78 is 5.26. The second-order valence-corrected chi connectivity index (χ2v) is 4.09. The van der Waals surface area contributed by atoms with E-state index in [0.29, 0.717) is 5.69 Å². The summed E-state index contributed by atoms with van der Waals surface area (Å²) >= 11 is 5.73. The zero-order chi connectivity index (χ0) is 13.7. The van der Waals surface area contributed by atoms with Gasteiger partial charge in [-0.2, -0.15) is 0 Å². The molecule has 6 nitrogen and oxygen atoms in total. The van der Waals surface area contributed by atoms with Crippen molar-refractivity contribution >= 4 is 23.2 Å². The Bertz CT molecular complexity index is 439. The largest absolute Gasteiger partial charge is 0.506 e. The van der Waals surface area contributed by atoms with E-state index in [1.807, 2.05) is 0 Å². The van der Waals surface area contributed by atoms with Crippen molar-refractivity contribution in [3.63, 3.8) is 0 Å². The van der Waals surface area contributed by atoms with Gasteiger partial charge >= 0.3 is 0 Å². The number of phenolic OH excluding ortho intramolecular Hbond substituents is 1. The minimum Gasteiger partial charge on any atom is -0.506 e. The van der Waals surface area contributed by atoms with E-state index in [4.69, 9.17) is 22.1 Å². The van der Waals surface area contributed by atoms with Gasteiger partial charge in [0, 0.05) is 19.5 Å². The number of halogens is 1. The van der Waals surface area contributed by atoms with E-state index in [1.54, 1.807) is 0 Å². The third-order valence-corrected chi connectivity index (χ3v) is 2.37. The number of ether oxygens (including phenoxy) is 1. The summed E-state index contributed by atoms with van der Waals surface area (Å²) in [7, 11) is 0. The zero-order valence-electron chi connectivity index (χ0n) is 9.81. The molecule has 0 aliphatic rings. The maximum Gasteiger partial charge on any atom is 0.221 e. The Hall–Kier alpha value is -1.50. The van der Waals surface area contributed by atoms with Crippen LogP contribution < -0.4 is 15.8 Å². The lowest BCUT2D eigenvalue weighted by atomic mass is 10.2. The van der Waals surface area contributed by atoms with Crippen LogP contribution in [0.25, 0.3) is 0 Å². The molecule has 1 atom stereocenters. The summed E-state index contributed by atoms with van der Waals surface area (Å²) in [5, 5.41) is 21.4. The number of phenols is 1. The van der Waals surface area contributed by atoms with Crippen LogP contribution in [-0.2, 0) is 4.79 Å². The number of nitrogens with one attached hydrogen (secondary N) is 1. The predicted molar refractivity (Wildman–Crippen MR) is 68.0 cm³/mol. The summed E-state index contributed by atoms with van der Waals surface area (Å²) in [6.45, 7) is 1.33. The number of aromatic hydroxyl groups is 1. The van der Waals surface area contributed by atoms with Crippen LogP contribution in [0.2, 0.25) is 5.02 Å². The number of aliphatic hydroxyl groups is 1. The molecule has 7 heteroatoms. The van der Waals surface area contributed by atoms with Crippen molar-refractivity contribution in [2.75, 3.05) is 18.5 Å². The highest BCUT2D eigenvalue weighted by Gasteiger charge is 2.12. The number of benzene rings is 1. The van der Waals surface area contributed by atoms with Gasteiger partial charge in [-0.15, -0.1) is 0 Å². The smallest absolute Gasteiger partial charge is 0.221 e. The average molecular weight is 275 g/mol. The molecule has 0 aliphatic heterocycles. The first-order valence-electron chi connectivity index (χ1n) is 5.25. The van der Waals surface area contributed by atoms with Crippen molar-refractivity contribution in [1.82, 2.24) is 0 Å². The van der Waals surface area contributed by atoms with Crippen molar-refractivity contribution in [3.05, 3.63) is 17.2 Å². The van der Waals surface area contributed by atoms with Crippen LogP contribution in [0, 0.1) is 0 Å². The van der Waals surface area contributed by atoms with Gasteiger partial charge in [0.1, 0.15) is 24.2 Å². The Balaban J connectivity index is 2.92. The maximum absolute atomic E-state index is 11.0. The van der Waals surface area contributed by atoms with Gasteiger partial charge < -0.3 is 26.0 Å². The Labute approximate surface area is 109 Å². The number of carbonyl (C=O) groups excluding carboxylic acids is 1. The molecule has 0 aromatic heterocycles. The molecule has 0 fully saturated rings. The van der Waals surface area contributed by atoms with Crippen LogP contribution in [0.4, 0.5) is 5.69 Å². The van der Waals surface area contributed by atoms with Gasteiger partial charge in [0.2, 0.25) is 5.91 Å². The van der Waals surface area contributed by atoms with E-state index in [2.05, 4.69) is 5.32 Å². The van der Waals surface area contributed by atoms with Gasteiger partial charge in [-0.25, -0.2) is 0 Å². The van der Waals surface area contributed by atoms with Crippen LogP contribution in [0.5, 0.6) is 11.5 Å². The molecule has 18 heavy (non-hydrogen) atoms. The van der Waals surface area contributed by atoms with Gasteiger partial charge in [-0.1, -0.05) is 11.6 Å². The predicted octanol–water partition coefficient (Wildman–Crippen LogP) is 0.702. The summed E-state index contributed by atoms with van der Waals surface area (Å²) in [5.41, 5.74) is 5.55. The Morgan fingerprint density at radius 2 is 2.28 bits per heavy atom. The van der Waals surface area contributed by atoms with E-state index in [0.717, 1.165) is 0 Å². The number of nitrogens with two attached hydrogens (primary N) is 1. The summed E-state index contributed by atoms with van der Waals surface area (Å²) in [4.78, 5) is 11.0.